The standard InChI is InChI=1S/C17H21N3O4S/c1-8-4-6-9(7-5-8)10(18)13(21)19-11-14(22)20-12(16(23)24)17(2,3)25-15(11)20/h4-7,10-12,15H,18H2,1-3H3,(H,19,21)(H,23,24)/t10-,11-,12+,15-/m1/s1. The Kier molecular flexibility index (Phi) is 4.28. The Hall–Kier alpha value is -2.06. The molecule has 2 saturated heterocycles. The van der Waals surface area contributed by atoms with Crippen LogP contribution >= 0.6 is 11.8 Å². The van der Waals surface area contributed by atoms with Gasteiger partial charge in [0.05, 0.1) is 0 Å². The van der Waals surface area contributed by atoms with Crippen LogP contribution in [0, 0.1) is 6.92 Å². The van der Waals surface area contributed by atoms with Gasteiger partial charge in [-0.25, -0.2) is 4.79 Å². The Morgan fingerprint density at radius 3 is 2.48 bits per heavy atom. The third-order valence-electron chi connectivity index (χ3n) is 4.69. The first kappa shape index (κ1) is 17.8. The molecular formula is C17H21N3O4S. The predicted octanol–water partition coefficient (Wildman–Crippen LogP) is 0.627. The van der Waals surface area contributed by atoms with Crippen LogP contribution in [0.15, 0.2) is 24.3 Å². The van der Waals surface area contributed by atoms with Gasteiger partial charge in [0, 0.05) is 4.75 Å². The fourth-order valence-corrected chi connectivity index (χ4v) is 4.94. The molecule has 0 aliphatic carbocycles. The van der Waals surface area contributed by atoms with Crippen LogP contribution in [0.3, 0.4) is 0 Å². The molecule has 7 nitrogen and oxygen atoms in total. The summed E-state index contributed by atoms with van der Waals surface area (Å²) in [6.45, 7) is 5.52. The average molecular weight is 363 g/mol. The Morgan fingerprint density at radius 2 is 1.92 bits per heavy atom. The fraction of sp³-hybridized carbons (Fsp3) is 0.471. The summed E-state index contributed by atoms with van der Waals surface area (Å²) in [5, 5.41) is 11.7. The van der Waals surface area contributed by atoms with Gasteiger partial charge in [-0.1, -0.05) is 29.8 Å². The van der Waals surface area contributed by atoms with Crippen LogP contribution in [0.5, 0.6) is 0 Å². The second kappa shape index (κ2) is 6.03. The maximum atomic E-state index is 12.4. The lowest BCUT2D eigenvalue weighted by molar-refractivity contribution is -0.161. The van der Waals surface area contributed by atoms with E-state index in [4.69, 9.17) is 5.73 Å². The first-order valence-corrected chi connectivity index (χ1v) is 8.87. The van der Waals surface area contributed by atoms with Crippen molar-refractivity contribution in [2.45, 2.75) is 49.0 Å². The predicted molar refractivity (Wildman–Crippen MR) is 93.8 cm³/mol. The highest BCUT2D eigenvalue weighted by molar-refractivity contribution is 8.01. The summed E-state index contributed by atoms with van der Waals surface area (Å²) in [5.74, 6) is -1.85. The lowest BCUT2D eigenvalue weighted by Gasteiger charge is -2.43. The number of fused-ring (bicyclic) bond motifs is 1. The second-order valence-corrected chi connectivity index (χ2v) is 8.74. The fourth-order valence-electron chi connectivity index (χ4n) is 3.31. The Morgan fingerprint density at radius 1 is 1.32 bits per heavy atom. The van der Waals surface area contributed by atoms with Crippen molar-refractivity contribution in [1.82, 2.24) is 10.2 Å². The molecule has 0 radical (unpaired) electrons. The Labute approximate surface area is 149 Å². The molecule has 0 aromatic heterocycles. The molecule has 1 aromatic rings. The van der Waals surface area contributed by atoms with Crippen LogP contribution in [0.1, 0.15) is 31.0 Å². The molecule has 134 valence electrons. The number of β-lactam (4-membered cyclic amide) rings is 1. The van der Waals surface area contributed by atoms with Crippen molar-refractivity contribution in [3.05, 3.63) is 35.4 Å². The number of nitrogens with two attached hydrogens (primary N) is 1. The number of benzene rings is 1. The number of aryl methyl sites for hydroxylation is 1. The number of hydrogen-bond acceptors (Lipinski definition) is 5. The summed E-state index contributed by atoms with van der Waals surface area (Å²) in [6, 6.07) is 4.78. The minimum atomic E-state index is -1.03. The van der Waals surface area contributed by atoms with Crippen LogP contribution in [-0.4, -0.2) is 50.0 Å². The molecule has 2 amide bonds. The minimum absolute atomic E-state index is 0.375. The second-order valence-electron chi connectivity index (χ2n) is 6.97. The van der Waals surface area contributed by atoms with Gasteiger partial charge in [-0.3, -0.25) is 9.59 Å². The summed E-state index contributed by atoms with van der Waals surface area (Å²) in [5.41, 5.74) is 7.71. The highest BCUT2D eigenvalue weighted by Gasteiger charge is 2.64. The van der Waals surface area contributed by atoms with Gasteiger partial charge in [0.25, 0.3) is 0 Å². The minimum Gasteiger partial charge on any atom is -0.480 e. The number of carboxylic acids is 1. The van der Waals surface area contributed by atoms with Crippen LogP contribution in [0.4, 0.5) is 0 Å². The van der Waals surface area contributed by atoms with Gasteiger partial charge >= 0.3 is 5.97 Å². The molecule has 2 aliphatic rings. The smallest absolute Gasteiger partial charge is 0.327 e. The number of hydrogen-bond donors (Lipinski definition) is 3. The molecule has 0 bridgehead atoms. The molecule has 1 aromatic carbocycles. The number of nitrogens with one attached hydrogen (secondary N) is 1. The van der Waals surface area contributed by atoms with Crippen molar-refractivity contribution >= 4 is 29.5 Å². The molecule has 4 N–H and O–H groups in total. The number of aliphatic carboxylic acids is 1. The van der Waals surface area contributed by atoms with Crippen molar-refractivity contribution in [1.29, 1.82) is 0 Å². The average Bonchev–Trinajstić information content (AvgIpc) is 2.80. The molecule has 0 saturated carbocycles. The van der Waals surface area contributed by atoms with E-state index in [0.717, 1.165) is 5.56 Å². The first-order chi connectivity index (χ1) is 11.6. The van der Waals surface area contributed by atoms with Crippen LogP contribution in [0.25, 0.3) is 0 Å². The molecule has 2 heterocycles. The van der Waals surface area contributed by atoms with Gasteiger partial charge in [0.15, 0.2) is 0 Å². The summed E-state index contributed by atoms with van der Waals surface area (Å²) in [6.07, 6.45) is 0. The molecular weight excluding hydrogens is 342 g/mol. The van der Waals surface area contributed by atoms with E-state index in [-0.39, 0.29) is 11.3 Å². The van der Waals surface area contributed by atoms with Gasteiger partial charge in [0.1, 0.15) is 23.5 Å². The number of rotatable bonds is 4. The summed E-state index contributed by atoms with van der Waals surface area (Å²) < 4.78 is -0.620. The van der Waals surface area contributed by atoms with Crippen molar-refractivity contribution in [3.8, 4) is 0 Å². The zero-order valence-corrected chi connectivity index (χ0v) is 15.0. The Bertz CT molecular complexity index is 734. The van der Waals surface area contributed by atoms with Crippen molar-refractivity contribution in [3.63, 3.8) is 0 Å². The maximum absolute atomic E-state index is 12.4. The molecule has 25 heavy (non-hydrogen) atoms. The van der Waals surface area contributed by atoms with E-state index in [0.29, 0.717) is 5.56 Å². The zero-order valence-electron chi connectivity index (χ0n) is 14.2. The number of amides is 2. The van der Waals surface area contributed by atoms with E-state index in [1.807, 2.05) is 19.1 Å². The van der Waals surface area contributed by atoms with Gasteiger partial charge in [-0.05, 0) is 26.3 Å². The lowest BCUT2D eigenvalue weighted by Crippen LogP contribution is -2.71. The van der Waals surface area contributed by atoms with Crippen molar-refractivity contribution in [2.75, 3.05) is 0 Å². The van der Waals surface area contributed by atoms with E-state index >= 15 is 0 Å². The molecule has 8 heteroatoms. The van der Waals surface area contributed by atoms with Crippen molar-refractivity contribution < 1.29 is 19.5 Å². The topological polar surface area (TPSA) is 113 Å². The number of nitrogens with zero attached hydrogens (tertiary/aromatic N) is 1. The van der Waals surface area contributed by atoms with E-state index < -0.39 is 34.7 Å². The molecule has 0 unspecified atom stereocenters. The van der Waals surface area contributed by atoms with Crippen molar-refractivity contribution in [2.24, 2.45) is 5.73 Å². The number of carboxylic acid groups (broad SMARTS) is 1. The highest BCUT2D eigenvalue weighted by Crippen LogP contribution is 2.50. The Balaban J connectivity index is 1.70. The van der Waals surface area contributed by atoms with Gasteiger partial charge < -0.3 is 21.1 Å². The van der Waals surface area contributed by atoms with Gasteiger partial charge in [0.2, 0.25) is 11.8 Å². The SMILES string of the molecule is Cc1ccc([C@@H](N)C(=O)N[C@@H]2C(=O)N3[C@@H]2SC(C)(C)[C@@H]3C(=O)O)cc1. The normalized spacial score (nSPS) is 28.1. The summed E-state index contributed by atoms with van der Waals surface area (Å²) in [4.78, 5) is 37.6. The monoisotopic (exact) mass is 363 g/mol. The number of carbonyl (C=O) groups excluding carboxylic acids is 2. The van der Waals surface area contributed by atoms with E-state index in [9.17, 15) is 19.5 Å². The summed E-state index contributed by atoms with van der Waals surface area (Å²) in [7, 11) is 0. The molecule has 2 fully saturated rings. The van der Waals surface area contributed by atoms with Crippen LogP contribution in [-0.2, 0) is 14.4 Å². The molecule has 2 aliphatic heterocycles. The third kappa shape index (κ3) is 2.89. The third-order valence-corrected chi connectivity index (χ3v) is 6.26. The van der Waals surface area contributed by atoms with Crippen LogP contribution < -0.4 is 11.1 Å². The first-order valence-electron chi connectivity index (χ1n) is 7.99. The highest BCUT2D eigenvalue weighted by atomic mass is 32.2. The van der Waals surface area contributed by atoms with E-state index in [2.05, 4.69) is 5.32 Å². The number of carbonyl (C=O) groups is 3. The van der Waals surface area contributed by atoms with Crippen LogP contribution in [0.2, 0.25) is 0 Å². The lowest BCUT2D eigenvalue weighted by atomic mass is 9.95. The molecule has 3 rings (SSSR count). The van der Waals surface area contributed by atoms with Gasteiger partial charge in [-0.2, -0.15) is 0 Å². The van der Waals surface area contributed by atoms with E-state index in [1.54, 1.807) is 26.0 Å². The largest absolute Gasteiger partial charge is 0.480 e. The molecule has 0 spiro atoms. The van der Waals surface area contributed by atoms with Gasteiger partial charge in [-0.15, -0.1) is 11.8 Å². The number of thioether (sulfide) groups is 1. The summed E-state index contributed by atoms with van der Waals surface area (Å²) >= 11 is 1.39. The zero-order chi connectivity index (χ0) is 18.5. The maximum Gasteiger partial charge on any atom is 0.327 e. The molecule has 4 atom stereocenters. The quantitative estimate of drug-likeness (QED) is 0.676. The van der Waals surface area contributed by atoms with E-state index in [1.165, 1.54) is 16.7 Å².